The molecule has 0 radical (unpaired) electrons. The Morgan fingerprint density at radius 3 is 2.00 bits per heavy atom. The van der Waals surface area contributed by atoms with E-state index in [-0.39, 0.29) is 5.02 Å². The SMILES string of the molecule is O=C(Oc1cccc(Cl)c1)C(O)(C(F)(F)F)C(F)(F)F. The monoisotopic (exact) mass is 322 g/mol. The Morgan fingerprint density at radius 1 is 1.10 bits per heavy atom. The van der Waals surface area contributed by atoms with Gasteiger partial charge < -0.3 is 9.84 Å². The lowest BCUT2D eigenvalue weighted by atomic mass is 10.0. The van der Waals surface area contributed by atoms with Crippen LogP contribution < -0.4 is 4.74 Å². The molecular formula is C10H5ClF6O3. The lowest BCUT2D eigenvalue weighted by Crippen LogP contribution is -2.63. The van der Waals surface area contributed by atoms with Crippen molar-refractivity contribution in [1.29, 1.82) is 0 Å². The Balaban J connectivity index is 3.15. The van der Waals surface area contributed by atoms with E-state index >= 15 is 0 Å². The van der Waals surface area contributed by atoms with Gasteiger partial charge in [0.15, 0.2) is 0 Å². The second kappa shape index (κ2) is 5.13. The molecule has 3 nitrogen and oxygen atoms in total. The molecule has 0 heterocycles. The molecule has 10 heteroatoms. The average molecular weight is 323 g/mol. The first-order chi connectivity index (χ1) is 8.89. The number of hydrogen-bond donors (Lipinski definition) is 1. The van der Waals surface area contributed by atoms with Crippen LogP contribution in [0.15, 0.2) is 24.3 Å². The van der Waals surface area contributed by atoms with Gasteiger partial charge in [0.1, 0.15) is 5.75 Å². The summed E-state index contributed by atoms with van der Waals surface area (Å²) in [6.07, 6.45) is -12.6. The maximum Gasteiger partial charge on any atom is 0.437 e. The molecule has 0 bridgehead atoms. The number of halogens is 7. The molecular weight excluding hydrogens is 318 g/mol. The smallest absolute Gasteiger partial charge is 0.424 e. The van der Waals surface area contributed by atoms with E-state index in [2.05, 4.69) is 4.74 Å². The van der Waals surface area contributed by atoms with Crippen molar-refractivity contribution in [2.24, 2.45) is 0 Å². The average Bonchev–Trinajstić information content (AvgIpc) is 2.24. The zero-order chi connectivity index (χ0) is 15.8. The number of carbonyl (C=O) groups excluding carboxylic acids is 1. The number of aliphatic hydroxyl groups is 1. The summed E-state index contributed by atoms with van der Waals surface area (Å²) < 4.78 is 77.9. The Bertz CT molecular complexity index is 496. The predicted molar refractivity (Wildman–Crippen MR) is 54.1 cm³/mol. The number of rotatable bonds is 2. The van der Waals surface area contributed by atoms with Gasteiger partial charge in [0.25, 0.3) is 0 Å². The molecule has 0 amide bonds. The molecule has 0 atom stereocenters. The van der Waals surface area contributed by atoms with Crippen molar-refractivity contribution >= 4 is 17.6 Å². The molecule has 1 rings (SSSR count). The van der Waals surface area contributed by atoms with Crippen LogP contribution in [0.3, 0.4) is 0 Å². The number of benzene rings is 1. The van der Waals surface area contributed by atoms with Gasteiger partial charge >= 0.3 is 23.9 Å². The summed E-state index contributed by atoms with van der Waals surface area (Å²) in [4.78, 5) is 11.1. The van der Waals surface area contributed by atoms with Crippen molar-refractivity contribution in [3.8, 4) is 5.75 Å². The highest BCUT2D eigenvalue weighted by molar-refractivity contribution is 6.30. The standard InChI is InChI=1S/C10H5ClF6O3/c11-5-2-1-3-6(4-5)20-7(18)8(19,9(12,13)14)10(15,16)17/h1-4,19H. The molecule has 112 valence electrons. The van der Waals surface area contributed by atoms with Crippen LogP contribution in [0.5, 0.6) is 5.75 Å². The second-order valence-electron chi connectivity index (χ2n) is 3.55. The second-order valence-corrected chi connectivity index (χ2v) is 3.99. The normalized spacial score (nSPS) is 13.2. The van der Waals surface area contributed by atoms with Crippen LogP contribution in [0.25, 0.3) is 0 Å². The quantitative estimate of drug-likeness (QED) is 0.517. The van der Waals surface area contributed by atoms with E-state index in [1.54, 1.807) is 0 Å². The van der Waals surface area contributed by atoms with Crippen LogP contribution in [-0.4, -0.2) is 29.0 Å². The van der Waals surface area contributed by atoms with Crippen molar-refractivity contribution in [3.63, 3.8) is 0 Å². The van der Waals surface area contributed by atoms with E-state index in [9.17, 15) is 31.1 Å². The third kappa shape index (κ3) is 2.98. The summed E-state index contributed by atoms with van der Waals surface area (Å²) in [5.41, 5.74) is -5.62. The van der Waals surface area contributed by atoms with Gasteiger partial charge in [-0.3, -0.25) is 0 Å². The van der Waals surface area contributed by atoms with Gasteiger partial charge in [-0.1, -0.05) is 17.7 Å². The third-order valence-electron chi connectivity index (χ3n) is 2.12. The predicted octanol–water partition coefficient (Wildman–Crippen LogP) is 3.10. The summed E-state index contributed by atoms with van der Waals surface area (Å²) in [5, 5.41) is 8.64. The van der Waals surface area contributed by atoms with Gasteiger partial charge in [-0.05, 0) is 18.2 Å². The van der Waals surface area contributed by atoms with Crippen molar-refractivity contribution in [2.75, 3.05) is 0 Å². The van der Waals surface area contributed by atoms with E-state index in [1.165, 1.54) is 6.07 Å². The van der Waals surface area contributed by atoms with Crippen LogP contribution in [0.1, 0.15) is 0 Å². The summed E-state index contributed by atoms with van der Waals surface area (Å²) in [5.74, 6) is -3.59. The number of carbonyl (C=O) groups is 1. The van der Waals surface area contributed by atoms with Gasteiger partial charge in [0.2, 0.25) is 0 Å². The maximum absolute atomic E-state index is 12.3. The summed E-state index contributed by atoms with van der Waals surface area (Å²) in [6, 6.07) is 4.09. The molecule has 0 spiro atoms. The molecule has 20 heavy (non-hydrogen) atoms. The van der Waals surface area contributed by atoms with E-state index in [1.807, 2.05) is 0 Å². The minimum absolute atomic E-state index is 0.0853. The van der Waals surface area contributed by atoms with Crippen LogP contribution >= 0.6 is 11.6 Å². The van der Waals surface area contributed by atoms with Gasteiger partial charge in [-0.25, -0.2) is 4.79 Å². The number of esters is 1. The molecule has 1 N–H and O–H groups in total. The molecule has 0 aliphatic rings. The first kappa shape index (κ1) is 16.6. The molecule has 0 aliphatic heterocycles. The minimum Gasteiger partial charge on any atom is -0.424 e. The largest absolute Gasteiger partial charge is 0.437 e. The number of ether oxygens (including phenoxy) is 1. The van der Waals surface area contributed by atoms with Gasteiger partial charge in [0, 0.05) is 5.02 Å². The Labute approximate surface area is 112 Å². The molecule has 1 aromatic rings. The minimum atomic E-state index is -6.29. The highest BCUT2D eigenvalue weighted by Gasteiger charge is 2.76. The fraction of sp³-hybridized carbons (Fsp3) is 0.300. The zero-order valence-corrected chi connectivity index (χ0v) is 9.97. The lowest BCUT2D eigenvalue weighted by molar-refractivity contribution is -0.354. The molecule has 0 aromatic heterocycles. The van der Waals surface area contributed by atoms with Gasteiger partial charge in [0.05, 0.1) is 0 Å². The van der Waals surface area contributed by atoms with E-state index < -0.39 is 29.7 Å². The molecule has 0 aliphatic carbocycles. The van der Waals surface area contributed by atoms with Crippen molar-refractivity contribution in [3.05, 3.63) is 29.3 Å². The molecule has 0 fully saturated rings. The first-order valence-electron chi connectivity index (χ1n) is 4.73. The Kier molecular flexibility index (Phi) is 4.25. The van der Waals surface area contributed by atoms with Crippen LogP contribution in [0.4, 0.5) is 26.3 Å². The number of hydrogen-bond acceptors (Lipinski definition) is 3. The topological polar surface area (TPSA) is 46.5 Å². The lowest BCUT2D eigenvalue weighted by Gasteiger charge is -2.29. The van der Waals surface area contributed by atoms with Crippen molar-refractivity contribution in [1.82, 2.24) is 0 Å². The zero-order valence-electron chi connectivity index (χ0n) is 9.22. The van der Waals surface area contributed by atoms with Crippen LogP contribution in [-0.2, 0) is 4.79 Å². The van der Waals surface area contributed by atoms with E-state index in [0.717, 1.165) is 18.2 Å². The molecule has 1 aromatic carbocycles. The summed E-state index contributed by atoms with van der Waals surface area (Å²) >= 11 is 5.42. The summed E-state index contributed by atoms with van der Waals surface area (Å²) in [7, 11) is 0. The van der Waals surface area contributed by atoms with Crippen molar-refractivity contribution < 1.29 is 41.0 Å². The molecule has 0 unspecified atom stereocenters. The van der Waals surface area contributed by atoms with E-state index in [0.29, 0.717) is 0 Å². The number of alkyl halides is 6. The molecule has 0 saturated carbocycles. The Hall–Kier alpha value is -1.48. The van der Waals surface area contributed by atoms with Gasteiger partial charge in [-0.2, -0.15) is 26.3 Å². The van der Waals surface area contributed by atoms with Crippen LogP contribution in [0, 0.1) is 0 Å². The molecule has 0 saturated heterocycles. The van der Waals surface area contributed by atoms with Gasteiger partial charge in [-0.15, -0.1) is 0 Å². The first-order valence-corrected chi connectivity index (χ1v) is 5.11. The fourth-order valence-electron chi connectivity index (χ4n) is 1.10. The Morgan fingerprint density at radius 2 is 1.60 bits per heavy atom. The third-order valence-corrected chi connectivity index (χ3v) is 2.36. The maximum atomic E-state index is 12.3. The van der Waals surface area contributed by atoms with Crippen LogP contribution in [0.2, 0.25) is 5.02 Å². The highest BCUT2D eigenvalue weighted by Crippen LogP contribution is 2.44. The van der Waals surface area contributed by atoms with E-state index in [4.69, 9.17) is 16.7 Å². The van der Waals surface area contributed by atoms with Crippen molar-refractivity contribution in [2.45, 2.75) is 18.0 Å². The summed E-state index contributed by atoms with van der Waals surface area (Å²) in [6.45, 7) is 0. The highest BCUT2D eigenvalue weighted by atomic mass is 35.5. The fourth-order valence-corrected chi connectivity index (χ4v) is 1.28.